The number of halogens is 2. The third-order valence-electron chi connectivity index (χ3n) is 4.72. The molecule has 4 heteroatoms. The van der Waals surface area contributed by atoms with Gasteiger partial charge >= 0.3 is 0 Å². The Morgan fingerprint density at radius 1 is 1.38 bits per heavy atom. The number of anilines is 1. The van der Waals surface area contributed by atoms with Crippen LogP contribution >= 0.6 is 27.5 Å². The van der Waals surface area contributed by atoms with Crippen molar-refractivity contribution in [2.24, 2.45) is 11.7 Å². The summed E-state index contributed by atoms with van der Waals surface area (Å²) in [4.78, 5) is 0. The van der Waals surface area contributed by atoms with Gasteiger partial charge in [0.25, 0.3) is 0 Å². The van der Waals surface area contributed by atoms with E-state index in [1.165, 1.54) is 32.1 Å². The molecule has 1 aliphatic rings. The highest BCUT2D eigenvalue weighted by Crippen LogP contribution is 2.35. The summed E-state index contributed by atoms with van der Waals surface area (Å²) < 4.78 is 0.929. The summed E-state index contributed by atoms with van der Waals surface area (Å²) in [5.74, 6) is 0.877. The molecule has 0 saturated heterocycles. The van der Waals surface area contributed by atoms with Crippen molar-refractivity contribution in [2.75, 3.05) is 11.9 Å². The van der Waals surface area contributed by atoms with Crippen molar-refractivity contribution in [3.05, 3.63) is 27.7 Å². The van der Waals surface area contributed by atoms with Gasteiger partial charge in [0.15, 0.2) is 0 Å². The zero-order valence-electron chi connectivity index (χ0n) is 12.8. The molecule has 1 aliphatic carbocycles. The van der Waals surface area contributed by atoms with Gasteiger partial charge in [-0.2, -0.15) is 0 Å². The molecule has 1 aromatic carbocycles. The Kier molecular flexibility index (Phi) is 6.39. The van der Waals surface area contributed by atoms with E-state index in [-0.39, 0.29) is 5.54 Å². The standard InChI is InChI=1S/C17H26BrClN2/c1-2-4-13-5-3-9-17(12-20,10-8-13)21-14-6-7-16(19)15(18)11-14/h6-7,11,13,21H,2-5,8-10,12,20H2,1H3. The maximum absolute atomic E-state index is 6.14. The molecule has 2 rings (SSSR count). The van der Waals surface area contributed by atoms with Crippen LogP contribution in [0.25, 0.3) is 0 Å². The van der Waals surface area contributed by atoms with Gasteiger partial charge in [-0.1, -0.05) is 44.2 Å². The molecule has 3 N–H and O–H groups in total. The minimum Gasteiger partial charge on any atom is -0.378 e. The van der Waals surface area contributed by atoms with Crippen molar-refractivity contribution in [2.45, 2.75) is 57.4 Å². The number of nitrogens with one attached hydrogen (secondary N) is 1. The quantitative estimate of drug-likeness (QED) is 0.660. The Balaban J connectivity index is 2.08. The second-order valence-corrected chi connectivity index (χ2v) is 7.59. The first-order valence-corrected chi connectivity index (χ1v) is 9.19. The molecule has 0 amide bonds. The average Bonchev–Trinajstić information content (AvgIpc) is 2.67. The predicted molar refractivity (Wildman–Crippen MR) is 96.0 cm³/mol. The van der Waals surface area contributed by atoms with Crippen molar-refractivity contribution < 1.29 is 0 Å². The predicted octanol–water partition coefficient (Wildman–Crippen LogP) is 5.59. The third-order valence-corrected chi connectivity index (χ3v) is 5.93. The van der Waals surface area contributed by atoms with Crippen LogP contribution in [0.5, 0.6) is 0 Å². The van der Waals surface area contributed by atoms with E-state index in [4.69, 9.17) is 17.3 Å². The first-order valence-electron chi connectivity index (χ1n) is 8.02. The maximum Gasteiger partial charge on any atom is 0.0549 e. The molecule has 0 heterocycles. The first-order chi connectivity index (χ1) is 10.1. The molecule has 0 spiro atoms. The second kappa shape index (κ2) is 7.85. The average molecular weight is 374 g/mol. The van der Waals surface area contributed by atoms with E-state index in [9.17, 15) is 0 Å². The van der Waals surface area contributed by atoms with Crippen molar-refractivity contribution in [3.63, 3.8) is 0 Å². The highest BCUT2D eigenvalue weighted by molar-refractivity contribution is 9.10. The molecule has 2 unspecified atom stereocenters. The molecular weight excluding hydrogens is 348 g/mol. The van der Waals surface area contributed by atoms with Crippen molar-refractivity contribution >= 4 is 33.2 Å². The minimum atomic E-state index is 0.0375. The molecular formula is C17H26BrClN2. The SMILES string of the molecule is CCCC1CCCC(CN)(Nc2ccc(Cl)c(Br)c2)CC1. The molecule has 1 fully saturated rings. The molecule has 2 atom stereocenters. The minimum absolute atomic E-state index is 0.0375. The van der Waals surface area contributed by atoms with E-state index >= 15 is 0 Å². The third kappa shape index (κ3) is 4.61. The molecule has 2 nitrogen and oxygen atoms in total. The summed E-state index contributed by atoms with van der Waals surface area (Å²) in [7, 11) is 0. The van der Waals surface area contributed by atoms with Crippen LogP contribution in [0.4, 0.5) is 5.69 Å². The van der Waals surface area contributed by atoms with Gasteiger partial charge in [-0.05, 0) is 59.3 Å². The first kappa shape index (κ1) is 17.1. The fourth-order valence-corrected chi connectivity index (χ4v) is 3.93. The van der Waals surface area contributed by atoms with E-state index in [1.54, 1.807) is 0 Å². The Bertz CT molecular complexity index is 466. The summed E-state index contributed by atoms with van der Waals surface area (Å²) in [6.07, 6.45) is 8.86. The van der Waals surface area contributed by atoms with Gasteiger partial charge in [-0.25, -0.2) is 0 Å². The van der Waals surface area contributed by atoms with Crippen LogP contribution in [0.15, 0.2) is 22.7 Å². The number of benzene rings is 1. The molecule has 21 heavy (non-hydrogen) atoms. The number of hydrogen-bond donors (Lipinski definition) is 2. The number of nitrogens with two attached hydrogens (primary N) is 1. The van der Waals surface area contributed by atoms with Gasteiger partial charge < -0.3 is 11.1 Å². The lowest BCUT2D eigenvalue weighted by atomic mass is 9.88. The van der Waals surface area contributed by atoms with E-state index in [1.807, 2.05) is 18.2 Å². The summed E-state index contributed by atoms with van der Waals surface area (Å²) in [6.45, 7) is 2.97. The lowest BCUT2D eigenvalue weighted by Gasteiger charge is -2.34. The normalized spacial score (nSPS) is 26.4. The van der Waals surface area contributed by atoms with Gasteiger partial charge in [0.05, 0.1) is 5.02 Å². The van der Waals surface area contributed by atoms with Crippen molar-refractivity contribution in [1.29, 1.82) is 0 Å². The van der Waals surface area contributed by atoms with Crippen LogP contribution in [-0.2, 0) is 0 Å². The summed E-state index contributed by atoms with van der Waals surface area (Å²) in [5.41, 5.74) is 7.28. The van der Waals surface area contributed by atoms with E-state index in [0.29, 0.717) is 6.54 Å². The van der Waals surface area contributed by atoms with E-state index < -0.39 is 0 Å². The number of hydrogen-bond acceptors (Lipinski definition) is 2. The lowest BCUT2D eigenvalue weighted by molar-refractivity contribution is 0.390. The van der Waals surface area contributed by atoms with Crippen LogP contribution in [-0.4, -0.2) is 12.1 Å². The molecule has 118 valence electrons. The summed E-state index contributed by atoms with van der Waals surface area (Å²) in [5, 5.41) is 4.44. The molecule has 0 aromatic heterocycles. The van der Waals surface area contributed by atoms with Crippen LogP contribution in [0.3, 0.4) is 0 Å². The fourth-order valence-electron chi connectivity index (χ4n) is 3.44. The van der Waals surface area contributed by atoms with Crippen molar-refractivity contribution in [3.8, 4) is 0 Å². The summed E-state index contributed by atoms with van der Waals surface area (Å²) >= 11 is 9.57. The topological polar surface area (TPSA) is 38.0 Å². The molecule has 1 aromatic rings. The lowest BCUT2D eigenvalue weighted by Crippen LogP contribution is -2.45. The highest BCUT2D eigenvalue weighted by Gasteiger charge is 2.31. The van der Waals surface area contributed by atoms with Crippen LogP contribution < -0.4 is 11.1 Å². The molecule has 0 bridgehead atoms. The van der Waals surface area contributed by atoms with Crippen LogP contribution in [0, 0.1) is 5.92 Å². The maximum atomic E-state index is 6.14. The van der Waals surface area contributed by atoms with Gasteiger partial charge in [0.2, 0.25) is 0 Å². The Morgan fingerprint density at radius 3 is 2.86 bits per heavy atom. The summed E-state index contributed by atoms with van der Waals surface area (Å²) in [6, 6.07) is 6.02. The highest BCUT2D eigenvalue weighted by atomic mass is 79.9. The van der Waals surface area contributed by atoms with Gasteiger partial charge in [-0.3, -0.25) is 0 Å². The fraction of sp³-hybridized carbons (Fsp3) is 0.647. The monoisotopic (exact) mass is 372 g/mol. The molecule has 1 saturated carbocycles. The zero-order valence-corrected chi connectivity index (χ0v) is 15.1. The van der Waals surface area contributed by atoms with Gasteiger partial charge in [0, 0.05) is 22.2 Å². The van der Waals surface area contributed by atoms with Gasteiger partial charge in [0.1, 0.15) is 0 Å². The Morgan fingerprint density at radius 2 is 2.19 bits per heavy atom. The van der Waals surface area contributed by atoms with E-state index in [2.05, 4.69) is 28.2 Å². The smallest absolute Gasteiger partial charge is 0.0549 e. The second-order valence-electron chi connectivity index (χ2n) is 6.32. The van der Waals surface area contributed by atoms with Crippen LogP contribution in [0.2, 0.25) is 5.02 Å². The van der Waals surface area contributed by atoms with Gasteiger partial charge in [-0.15, -0.1) is 0 Å². The van der Waals surface area contributed by atoms with Crippen LogP contribution in [0.1, 0.15) is 51.9 Å². The Labute approximate surface area is 142 Å². The molecule has 0 aliphatic heterocycles. The largest absolute Gasteiger partial charge is 0.378 e. The molecule has 0 radical (unpaired) electrons. The Hall–Kier alpha value is -0.250. The van der Waals surface area contributed by atoms with E-state index in [0.717, 1.165) is 33.9 Å². The number of rotatable bonds is 5. The zero-order chi connectivity index (χ0) is 15.3. The van der Waals surface area contributed by atoms with Crippen molar-refractivity contribution in [1.82, 2.24) is 0 Å².